The molecular formula is C12H16BrCl2N. The van der Waals surface area contributed by atoms with Gasteiger partial charge in [-0.2, -0.15) is 0 Å². The van der Waals surface area contributed by atoms with Gasteiger partial charge in [0, 0.05) is 15.5 Å². The summed E-state index contributed by atoms with van der Waals surface area (Å²) in [7, 11) is 0. The van der Waals surface area contributed by atoms with Gasteiger partial charge in [-0.25, -0.2) is 0 Å². The van der Waals surface area contributed by atoms with E-state index in [9.17, 15) is 0 Å². The van der Waals surface area contributed by atoms with Gasteiger partial charge in [0.25, 0.3) is 0 Å². The van der Waals surface area contributed by atoms with Crippen LogP contribution in [0.3, 0.4) is 0 Å². The number of halogens is 3. The monoisotopic (exact) mass is 323 g/mol. The lowest BCUT2D eigenvalue weighted by Crippen LogP contribution is -2.19. The maximum Gasteiger partial charge on any atom is 0.0410 e. The van der Waals surface area contributed by atoms with E-state index in [1.807, 2.05) is 18.2 Å². The van der Waals surface area contributed by atoms with Gasteiger partial charge in [0.05, 0.1) is 0 Å². The van der Waals surface area contributed by atoms with Crippen molar-refractivity contribution >= 4 is 39.9 Å². The number of hydrogen-bond donors (Lipinski definition) is 1. The summed E-state index contributed by atoms with van der Waals surface area (Å²) >= 11 is 9.53. The van der Waals surface area contributed by atoms with Gasteiger partial charge in [0.2, 0.25) is 0 Å². The Balaban J connectivity index is 0.00000128. The van der Waals surface area contributed by atoms with E-state index < -0.39 is 0 Å². The topological polar surface area (TPSA) is 26.0 Å². The average molecular weight is 325 g/mol. The first-order valence-corrected chi connectivity index (χ1v) is 6.56. The van der Waals surface area contributed by atoms with Gasteiger partial charge in [-0.05, 0) is 42.5 Å². The van der Waals surface area contributed by atoms with Crippen LogP contribution in [0.15, 0.2) is 22.7 Å². The molecule has 1 saturated carbocycles. The maximum atomic E-state index is 6.28. The minimum Gasteiger partial charge on any atom is -0.324 e. The molecule has 1 aromatic carbocycles. The lowest BCUT2D eigenvalue weighted by Gasteiger charge is -2.20. The van der Waals surface area contributed by atoms with Crippen molar-refractivity contribution in [1.29, 1.82) is 0 Å². The summed E-state index contributed by atoms with van der Waals surface area (Å²) in [5.74, 6) is 0.625. The van der Waals surface area contributed by atoms with Gasteiger partial charge < -0.3 is 5.73 Å². The predicted octanol–water partition coefficient (Wildman–Crippen LogP) is 4.71. The highest BCUT2D eigenvalue weighted by Crippen LogP contribution is 2.37. The molecule has 0 aromatic heterocycles. The van der Waals surface area contributed by atoms with Crippen LogP contribution in [0, 0.1) is 5.92 Å². The highest BCUT2D eigenvalue weighted by atomic mass is 79.9. The van der Waals surface area contributed by atoms with E-state index in [2.05, 4.69) is 15.9 Å². The summed E-state index contributed by atoms with van der Waals surface area (Å²) in [6, 6.07) is 5.97. The van der Waals surface area contributed by atoms with Crippen molar-refractivity contribution in [3.05, 3.63) is 33.3 Å². The molecule has 0 amide bonds. The van der Waals surface area contributed by atoms with E-state index in [1.54, 1.807) is 0 Å². The Kier molecular flexibility index (Phi) is 5.58. The highest BCUT2D eigenvalue weighted by molar-refractivity contribution is 9.10. The molecule has 2 N–H and O–H groups in total. The Bertz CT molecular complexity index is 351. The van der Waals surface area contributed by atoms with Gasteiger partial charge >= 0.3 is 0 Å². The van der Waals surface area contributed by atoms with Crippen molar-refractivity contribution in [2.75, 3.05) is 0 Å². The van der Waals surface area contributed by atoms with Crippen LogP contribution in [0.2, 0.25) is 5.02 Å². The molecule has 0 spiro atoms. The summed E-state index contributed by atoms with van der Waals surface area (Å²) in [6.07, 6.45) is 5.13. The quantitative estimate of drug-likeness (QED) is 0.837. The summed E-state index contributed by atoms with van der Waals surface area (Å²) in [5, 5.41) is 0.765. The van der Waals surface area contributed by atoms with Crippen LogP contribution in [0.1, 0.15) is 37.3 Å². The Labute approximate surface area is 116 Å². The van der Waals surface area contributed by atoms with Crippen LogP contribution in [-0.4, -0.2) is 0 Å². The molecule has 1 aliphatic carbocycles. The van der Waals surface area contributed by atoms with Crippen LogP contribution in [0.4, 0.5) is 0 Å². The molecule has 0 aliphatic heterocycles. The zero-order valence-corrected chi connectivity index (χ0v) is 12.1. The highest BCUT2D eigenvalue weighted by Gasteiger charge is 2.24. The molecular weight excluding hydrogens is 309 g/mol. The lowest BCUT2D eigenvalue weighted by molar-refractivity contribution is 0.444. The molecule has 1 fully saturated rings. The summed E-state index contributed by atoms with van der Waals surface area (Å²) in [6.45, 7) is 0. The van der Waals surface area contributed by atoms with E-state index in [0.717, 1.165) is 15.1 Å². The van der Waals surface area contributed by atoms with Crippen molar-refractivity contribution in [3.63, 3.8) is 0 Å². The first-order chi connectivity index (χ1) is 7.18. The van der Waals surface area contributed by atoms with Gasteiger partial charge in [0.15, 0.2) is 0 Å². The van der Waals surface area contributed by atoms with E-state index in [-0.39, 0.29) is 18.4 Å². The molecule has 0 unspecified atom stereocenters. The van der Waals surface area contributed by atoms with Crippen LogP contribution in [-0.2, 0) is 0 Å². The minimum atomic E-state index is 0. The van der Waals surface area contributed by atoms with E-state index in [4.69, 9.17) is 17.3 Å². The average Bonchev–Trinajstić information content (AvgIpc) is 2.74. The largest absolute Gasteiger partial charge is 0.324 e. The number of benzene rings is 1. The van der Waals surface area contributed by atoms with Crippen molar-refractivity contribution < 1.29 is 0 Å². The molecule has 90 valence electrons. The molecule has 1 nitrogen and oxygen atoms in total. The molecule has 4 heteroatoms. The van der Waals surface area contributed by atoms with Crippen LogP contribution in [0.25, 0.3) is 0 Å². The summed E-state index contributed by atoms with van der Waals surface area (Å²) < 4.78 is 1.08. The fraction of sp³-hybridized carbons (Fsp3) is 0.500. The van der Waals surface area contributed by atoms with E-state index >= 15 is 0 Å². The van der Waals surface area contributed by atoms with E-state index in [1.165, 1.54) is 25.7 Å². The van der Waals surface area contributed by atoms with Gasteiger partial charge in [-0.3, -0.25) is 0 Å². The Morgan fingerprint density at radius 2 is 1.94 bits per heavy atom. The van der Waals surface area contributed by atoms with Crippen LogP contribution < -0.4 is 5.73 Å². The molecule has 2 rings (SSSR count). The second-order valence-electron chi connectivity index (χ2n) is 4.24. The van der Waals surface area contributed by atoms with Crippen molar-refractivity contribution in [1.82, 2.24) is 0 Å². The first kappa shape index (κ1) is 14.3. The third kappa shape index (κ3) is 3.13. The third-order valence-corrected chi connectivity index (χ3v) is 4.18. The molecule has 0 saturated heterocycles. The third-order valence-electron chi connectivity index (χ3n) is 3.22. The Morgan fingerprint density at radius 3 is 2.56 bits per heavy atom. The number of nitrogens with two attached hydrogens (primary N) is 1. The second kappa shape index (κ2) is 6.25. The smallest absolute Gasteiger partial charge is 0.0410 e. The fourth-order valence-electron chi connectivity index (χ4n) is 2.34. The number of rotatable bonds is 2. The van der Waals surface area contributed by atoms with Crippen molar-refractivity contribution in [3.8, 4) is 0 Å². The van der Waals surface area contributed by atoms with Crippen molar-refractivity contribution in [2.45, 2.75) is 31.7 Å². The SMILES string of the molecule is Cl.N[C@@H](c1cc(Cl)ccc1Br)C1CCCC1. The predicted molar refractivity (Wildman–Crippen MR) is 75.3 cm³/mol. The van der Waals surface area contributed by atoms with E-state index in [0.29, 0.717) is 5.92 Å². The van der Waals surface area contributed by atoms with Crippen LogP contribution in [0.5, 0.6) is 0 Å². The normalized spacial score (nSPS) is 18.2. The first-order valence-electron chi connectivity index (χ1n) is 5.39. The van der Waals surface area contributed by atoms with Gasteiger partial charge in [0.1, 0.15) is 0 Å². The molecule has 0 heterocycles. The molecule has 1 aliphatic rings. The maximum absolute atomic E-state index is 6.28. The fourth-order valence-corrected chi connectivity index (χ4v) is 3.03. The number of hydrogen-bond acceptors (Lipinski definition) is 1. The molecule has 1 atom stereocenters. The zero-order valence-electron chi connectivity index (χ0n) is 8.96. The second-order valence-corrected chi connectivity index (χ2v) is 5.53. The Hall–Kier alpha value is 0.240. The molecule has 0 radical (unpaired) electrons. The standard InChI is InChI=1S/C12H15BrClN.ClH/c13-11-6-5-9(14)7-10(11)12(15)8-3-1-2-4-8;/h5-8,12H,1-4,15H2;1H/t12-;/m1./s1. The molecule has 16 heavy (non-hydrogen) atoms. The summed E-state index contributed by atoms with van der Waals surface area (Å²) in [4.78, 5) is 0. The van der Waals surface area contributed by atoms with Crippen molar-refractivity contribution in [2.24, 2.45) is 11.7 Å². The zero-order chi connectivity index (χ0) is 10.8. The summed E-state index contributed by atoms with van der Waals surface area (Å²) in [5.41, 5.74) is 7.43. The lowest BCUT2D eigenvalue weighted by atomic mass is 9.92. The minimum absolute atomic E-state index is 0. The van der Waals surface area contributed by atoms with Crippen LogP contribution >= 0.6 is 39.9 Å². The molecule has 0 bridgehead atoms. The Morgan fingerprint density at radius 1 is 1.31 bits per heavy atom. The molecule has 1 aromatic rings. The van der Waals surface area contributed by atoms with Gasteiger partial charge in [-0.15, -0.1) is 12.4 Å². The van der Waals surface area contributed by atoms with Gasteiger partial charge in [-0.1, -0.05) is 40.4 Å².